The van der Waals surface area contributed by atoms with Crippen molar-refractivity contribution >= 4 is 22.5 Å². The summed E-state index contributed by atoms with van der Waals surface area (Å²) in [6.45, 7) is 1.85. The highest BCUT2D eigenvalue weighted by Gasteiger charge is 2.29. The summed E-state index contributed by atoms with van der Waals surface area (Å²) in [6, 6.07) is 7.91. The highest BCUT2D eigenvalue weighted by atomic mass is 19.1. The maximum absolute atomic E-state index is 13.6. The van der Waals surface area contributed by atoms with Crippen LogP contribution in [-0.4, -0.2) is 16.1 Å². The van der Waals surface area contributed by atoms with Crippen LogP contribution in [-0.2, 0) is 4.79 Å². The van der Waals surface area contributed by atoms with Crippen molar-refractivity contribution in [1.82, 2.24) is 4.98 Å². The van der Waals surface area contributed by atoms with Crippen LogP contribution in [0.3, 0.4) is 0 Å². The van der Waals surface area contributed by atoms with Gasteiger partial charge in [0, 0.05) is 28.3 Å². The van der Waals surface area contributed by atoms with Gasteiger partial charge in [0.25, 0.3) is 5.69 Å². The van der Waals surface area contributed by atoms with Crippen LogP contribution >= 0.6 is 0 Å². The van der Waals surface area contributed by atoms with E-state index in [1.165, 1.54) is 18.3 Å². The summed E-state index contributed by atoms with van der Waals surface area (Å²) in [6.07, 6.45) is 5.01. The smallest absolute Gasteiger partial charge is 0.265 e. The lowest BCUT2D eigenvalue weighted by Gasteiger charge is -2.06. The number of amides is 1. The minimum absolute atomic E-state index is 0.0178. The number of carbonyl (C=O) groups is 1. The summed E-state index contributed by atoms with van der Waals surface area (Å²) in [5.74, 6) is 0.172. The summed E-state index contributed by atoms with van der Waals surface area (Å²) in [5, 5.41) is 14.6. The second-order valence-electron chi connectivity index (χ2n) is 6.42. The largest absolute Gasteiger partial charge is 0.310 e. The molecule has 0 spiro atoms. The number of hydrogen-bond donors (Lipinski definition) is 2. The topological polar surface area (TPSA) is 66.1 Å². The molecule has 2 N–H and O–H groups in total. The Balaban J connectivity index is 1.74. The van der Waals surface area contributed by atoms with Crippen molar-refractivity contribution in [2.45, 2.75) is 19.8 Å². The van der Waals surface area contributed by atoms with E-state index in [1.54, 1.807) is 24.4 Å². The molecule has 5 nitrogen and oxygen atoms in total. The molecule has 1 aliphatic rings. The molecule has 2 heterocycles. The molecule has 1 aromatic carbocycles. The Labute approximate surface area is 143 Å². The number of halogens is 1. The molecule has 0 bridgehead atoms. The van der Waals surface area contributed by atoms with Gasteiger partial charge in [-0.05, 0) is 43.5 Å². The lowest BCUT2D eigenvalue weighted by molar-refractivity contribution is -0.895. The van der Waals surface area contributed by atoms with E-state index in [-0.39, 0.29) is 17.6 Å². The third-order valence-electron chi connectivity index (χ3n) is 4.44. The van der Waals surface area contributed by atoms with Gasteiger partial charge in [0.05, 0.1) is 10.9 Å². The number of rotatable bonds is 3. The van der Waals surface area contributed by atoms with Gasteiger partial charge in [-0.1, -0.05) is 6.07 Å². The molecule has 3 aromatic rings. The maximum atomic E-state index is 13.6. The molecular weight excluding hydrogens is 321 g/mol. The van der Waals surface area contributed by atoms with E-state index in [0.717, 1.165) is 33.9 Å². The van der Waals surface area contributed by atoms with Gasteiger partial charge >= 0.3 is 0 Å². The van der Waals surface area contributed by atoms with Crippen LogP contribution in [0.2, 0.25) is 0 Å². The summed E-state index contributed by atoms with van der Waals surface area (Å²) in [7, 11) is 0. The molecule has 0 atom stereocenters. The number of aryl methyl sites for hydroxylation is 1. The number of fused-ring (bicyclic) bond motifs is 1. The first kappa shape index (κ1) is 15.5. The van der Waals surface area contributed by atoms with Crippen LogP contribution in [0.1, 0.15) is 18.4 Å². The average molecular weight is 338 g/mol. The van der Waals surface area contributed by atoms with Gasteiger partial charge < -0.3 is 5.32 Å². The number of aromatic nitrogens is 2. The van der Waals surface area contributed by atoms with Crippen LogP contribution in [0.15, 0.2) is 42.7 Å². The highest BCUT2D eigenvalue weighted by Crippen LogP contribution is 2.30. The zero-order valence-electron chi connectivity index (χ0n) is 13.7. The van der Waals surface area contributed by atoms with Crippen molar-refractivity contribution in [2.24, 2.45) is 5.92 Å². The first-order chi connectivity index (χ1) is 12.0. The third-order valence-corrected chi connectivity index (χ3v) is 4.44. The number of carbonyl (C=O) groups excluding carboxylic acids is 1. The molecule has 4 rings (SSSR count). The first-order valence-corrected chi connectivity index (χ1v) is 8.13. The fraction of sp³-hybridized carbons (Fsp3) is 0.211. The zero-order chi connectivity index (χ0) is 17.6. The predicted octanol–water partition coefficient (Wildman–Crippen LogP) is 3.22. The van der Waals surface area contributed by atoms with E-state index in [0.29, 0.717) is 17.1 Å². The van der Waals surface area contributed by atoms with Crippen LogP contribution in [0.25, 0.3) is 22.0 Å². The van der Waals surface area contributed by atoms with Gasteiger partial charge in [-0.15, -0.1) is 0 Å². The summed E-state index contributed by atoms with van der Waals surface area (Å²) >= 11 is 0. The van der Waals surface area contributed by atoms with E-state index in [4.69, 9.17) is 0 Å². The Morgan fingerprint density at radius 2 is 2.08 bits per heavy atom. The molecule has 6 heteroatoms. The number of nitrogens with zero attached hydrogens (tertiary/aromatic N) is 2. The highest BCUT2D eigenvalue weighted by molar-refractivity contribution is 5.95. The van der Waals surface area contributed by atoms with E-state index < -0.39 is 0 Å². The number of pyridine rings is 2. The second kappa shape index (κ2) is 5.81. The Hall–Kier alpha value is -3.02. The predicted molar refractivity (Wildman–Crippen MR) is 90.6 cm³/mol. The maximum Gasteiger partial charge on any atom is 0.265 e. The Bertz CT molecular complexity index is 999. The Kier molecular flexibility index (Phi) is 3.60. The molecule has 1 saturated carbocycles. The van der Waals surface area contributed by atoms with Crippen molar-refractivity contribution < 1.29 is 19.1 Å². The van der Waals surface area contributed by atoms with E-state index in [2.05, 4.69) is 10.3 Å². The number of benzene rings is 1. The summed E-state index contributed by atoms with van der Waals surface area (Å²) in [4.78, 5) is 16.1. The van der Waals surface area contributed by atoms with Gasteiger partial charge in [-0.25, -0.2) is 9.37 Å². The van der Waals surface area contributed by atoms with Crippen molar-refractivity contribution in [3.05, 3.63) is 54.1 Å². The number of anilines is 1. The van der Waals surface area contributed by atoms with Crippen molar-refractivity contribution in [3.8, 4) is 11.3 Å². The molecule has 25 heavy (non-hydrogen) atoms. The van der Waals surface area contributed by atoms with Gasteiger partial charge in [0.15, 0.2) is 0 Å². The van der Waals surface area contributed by atoms with Crippen LogP contribution in [0.5, 0.6) is 0 Å². The minimum Gasteiger partial charge on any atom is -0.310 e. The molecule has 126 valence electrons. The molecule has 2 aromatic heterocycles. The monoisotopic (exact) mass is 338 g/mol. The van der Waals surface area contributed by atoms with Gasteiger partial charge in [0.1, 0.15) is 11.6 Å². The molecule has 1 fully saturated rings. The van der Waals surface area contributed by atoms with E-state index >= 15 is 0 Å². The molecule has 0 unspecified atom stereocenters. The van der Waals surface area contributed by atoms with Gasteiger partial charge in [-0.2, -0.15) is 0 Å². The SMILES string of the molecule is Cc1ccc(F)cc1-c1cc2cnc(NC(=O)C3CC3)cc2c[n+]1O. The second-order valence-corrected chi connectivity index (χ2v) is 6.42. The van der Waals surface area contributed by atoms with Crippen LogP contribution in [0, 0.1) is 18.7 Å². The lowest BCUT2D eigenvalue weighted by atomic mass is 10.0. The van der Waals surface area contributed by atoms with E-state index in [1.807, 2.05) is 6.92 Å². The van der Waals surface area contributed by atoms with Crippen LogP contribution < -0.4 is 10.0 Å². The quantitative estimate of drug-likeness (QED) is 0.569. The molecule has 0 saturated heterocycles. The van der Waals surface area contributed by atoms with Crippen molar-refractivity contribution in [2.75, 3.05) is 5.32 Å². The van der Waals surface area contributed by atoms with Crippen molar-refractivity contribution in [1.29, 1.82) is 0 Å². The molecule has 0 aliphatic heterocycles. The number of nitrogens with one attached hydrogen (secondary N) is 1. The van der Waals surface area contributed by atoms with Gasteiger partial charge in [-0.3, -0.25) is 10.0 Å². The fourth-order valence-corrected chi connectivity index (χ4v) is 2.84. The van der Waals surface area contributed by atoms with E-state index in [9.17, 15) is 14.4 Å². The normalized spacial score (nSPS) is 13.8. The summed E-state index contributed by atoms with van der Waals surface area (Å²) < 4.78 is 14.5. The Morgan fingerprint density at radius 3 is 2.84 bits per heavy atom. The summed E-state index contributed by atoms with van der Waals surface area (Å²) in [5.41, 5.74) is 1.93. The number of hydrogen-bond acceptors (Lipinski definition) is 3. The van der Waals surface area contributed by atoms with Crippen LogP contribution in [0.4, 0.5) is 10.2 Å². The standard InChI is InChI=1S/C19H16FN3O2/c1-11-2-5-15(20)8-16(11)17-6-13-9-21-18(7-14(13)10-23(17)25)22-19(24)12-3-4-12/h2,5-10,12H,3-4H2,1H3,(H-,21,22,24,25)/p+1. The zero-order valence-corrected chi connectivity index (χ0v) is 13.7. The molecule has 0 radical (unpaired) electrons. The molecule has 1 aliphatic carbocycles. The molecule has 1 amide bonds. The average Bonchev–Trinajstić information content (AvgIpc) is 3.41. The first-order valence-electron chi connectivity index (χ1n) is 8.13. The molecular formula is C19H17FN3O2+. The van der Waals surface area contributed by atoms with Crippen molar-refractivity contribution in [3.63, 3.8) is 0 Å². The lowest BCUT2D eigenvalue weighted by Crippen LogP contribution is -2.32. The third kappa shape index (κ3) is 3.03. The minimum atomic E-state index is -0.364. The Morgan fingerprint density at radius 1 is 1.28 bits per heavy atom. The fourth-order valence-electron chi connectivity index (χ4n) is 2.84. The van der Waals surface area contributed by atoms with Gasteiger partial charge in [0.2, 0.25) is 12.1 Å².